The molecule has 1 aromatic carbocycles. The van der Waals surface area contributed by atoms with E-state index in [-0.39, 0.29) is 13.2 Å². The molecule has 4 rings (SSSR count). The maximum Gasteiger partial charge on any atom is 0.408 e. The lowest BCUT2D eigenvalue weighted by atomic mass is 9.99. The van der Waals surface area contributed by atoms with Crippen LogP contribution in [0.2, 0.25) is 0 Å². The summed E-state index contributed by atoms with van der Waals surface area (Å²) in [6, 6.07) is 8.33. The van der Waals surface area contributed by atoms with Gasteiger partial charge in [0.15, 0.2) is 17.9 Å². The minimum absolute atomic E-state index is 0.0987. The smallest absolute Gasteiger partial charge is 0.408 e. The topological polar surface area (TPSA) is 111 Å². The Bertz CT molecular complexity index is 859. The van der Waals surface area contributed by atoms with E-state index in [4.69, 9.17) is 33.2 Å². The third-order valence-corrected chi connectivity index (χ3v) is 5.54. The highest BCUT2D eigenvalue weighted by atomic mass is 16.9. The Morgan fingerprint density at radius 3 is 2.30 bits per heavy atom. The minimum Gasteiger partial charge on any atom is -0.461 e. The molecule has 1 N–H and O–H groups in total. The SMILES string of the molecule is CC(NC(=O)OCc1ccccc1)C(=O)OC[C@H]1O[C@@H]2OC(C)(C)O[C@@H]2[C@H]2OC(C)(C)O[C@H]21. The molecule has 3 aliphatic rings. The molecule has 0 saturated carbocycles. The fourth-order valence-corrected chi connectivity index (χ4v) is 4.12. The van der Waals surface area contributed by atoms with Crippen molar-refractivity contribution >= 4 is 12.1 Å². The predicted octanol–water partition coefficient (Wildman–Crippen LogP) is 2.24. The van der Waals surface area contributed by atoms with Gasteiger partial charge in [0.05, 0.1) is 0 Å². The lowest BCUT2D eigenvalue weighted by Gasteiger charge is -2.37. The number of rotatable bonds is 6. The summed E-state index contributed by atoms with van der Waals surface area (Å²) in [4.78, 5) is 24.5. The van der Waals surface area contributed by atoms with Gasteiger partial charge >= 0.3 is 12.1 Å². The highest BCUT2D eigenvalue weighted by Crippen LogP contribution is 2.44. The minimum atomic E-state index is -0.914. The summed E-state index contributed by atoms with van der Waals surface area (Å²) in [7, 11) is 0. The number of esters is 1. The molecule has 10 heteroatoms. The first-order valence-corrected chi connectivity index (χ1v) is 11.0. The highest BCUT2D eigenvalue weighted by Gasteiger charge is 2.60. The zero-order valence-electron chi connectivity index (χ0n) is 19.4. The van der Waals surface area contributed by atoms with E-state index in [2.05, 4.69) is 5.32 Å². The third kappa shape index (κ3) is 5.64. The van der Waals surface area contributed by atoms with Crippen molar-refractivity contribution in [1.29, 1.82) is 0 Å². The molecule has 0 spiro atoms. The van der Waals surface area contributed by atoms with Gasteiger partial charge in [-0.15, -0.1) is 0 Å². The van der Waals surface area contributed by atoms with E-state index in [1.54, 1.807) is 27.7 Å². The van der Waals surface area contributed by atoms with E-state index in [1.165, 1.54) is 6.92 Å². The molecule has 3 saturated heterocycles. The second kappa shape index (κ2) is 9.19. The molecule has 0 aromatic heterocycles. The summed E-state index contributed by atoms with van der Waals surface area (Å²) in [6.45, 7) is 8.71. The number of hydrogen-bond acceptors (Lipinski definition) is 9. The predicted molar refractivity (Wildman–Crippen MR) is 113 cm³/mol. The third-order valence-electron chi connectivity index (χ3n) is 5.54. The molecular formula is C23H31NO9. The molecule has 1 amide bonds. The Morgan fingerprint density at radius 2 is 1.58 bits per heavy atom. The molecule has 3 heterocycles. The quantitative estimate of drug-likeness (QED) is 0.632. The first kappa shape index (κ1) is 23.9. The van der Waals surface area contributed by atoms with Crippen molar-refractivity contribution in [2.24, 2.45) is 0 Å². The number of alkyl carbamates (subject to hydrolysis) is 1. The van der Waals surface area contributed by atoms with E-state index in [0.29, 0.717) is 0 Å². The second-order valence-corrected chi connectivity index (χ2v) is 9.27. The van der Waals surface area contributed by atoms with Crippen LogP contribution in [0.25, 0.3) is 0 Å². The van der Waals surface area contributed by atoms with Gasteiger partial charge in [0.2, 0.25) is 0 Å². The molecular weight excluding hydrogens is 434 g/mol. The molecule has 10 nitrogen and oxygen atoms in total. The van der Waals surface area contributed by atoms with Crippen molar-refractivity contribution in [2.45, 2.75) is 89.5 Å². The van der Waals surface area contributed by atoms with Gasteiger partial charge in [0, 0.05) is 0 Å². The Balaban J connectivity index is 1.29. The van der Waals surface area contributed by atoms with E-state index in [0.717, 1.165) is 5.56 Å². The number of benzene rings is 1. The number of nitrogens with one attached hydrogen (secondary N) is 1. The van der Waals surface area contributed by atoms with Gasteiger partial charge in [0.25, 0.3) is 0 Å². The van der Waals surface area contributed by atoms with Gasteiger partial charge in [-0.3, -0.25) is 0 Å². The van der Waals surface area contributed by atoms with E-state index in [9.17, 15) is 9.59 Å². The molecule has 0 aliphatic carbocycles. The van der Waals surface area contributed by atoms with Gasteiger partial charge < -0.3 is 38.5 Å². The molecule has 182 valence electrons. The number of carbonyl (C=O) groups excluding carboxylic acids is 2. The van der Waals surface area contributed by atoms with Gasteiger partial charge in [0.1, 0.15) is 43.7 Å². The Labute approximate surface area is 192 Å². The van der Waals surface area contributed by atoms with E-state index < -0.39 is 60.4 Å². The monoisotopic (exact) mass is 465 g/mol. The highest BCUT2D eigenvalue weighted by molar-refractivity contribution is 5.80. The number of ether oxygens (including phenoxy) is 7. The fraction of sp³-hybridized carbons (Fsp3) is 0.652. The van der Waals surface area contributed by atoms with Crippen molar-refractivity contribution < 1.29 is 42.7 Å². The molecule has 1 aromatic rings. The average Bonchev–Trinajstić information content (AvgIpc) is 3.24. The zero-order chi connectivity index (χ0) is 23.8. The summed E-state index contributed by atoms with van der Waals surface area (Å²) in [6.07, 6.45) is -3.42. The maximum absolute atomic E-state index is 12.5. The van der Waals surface area contributed by atoms with Gasteiger partial charge in [-0.2, -0.15) is 0 Å². The number of fused-ring (bicyclic) bond motifs is 3. The summed E-state index contributed by atoms with van der Waals surface area (Å²) in [5.41, 5.74) is 0.841. The number of amides is 1. The summed E-state index contributed by atoms with van der Waals surface area (Å²) >= 11 is 0. The lowest BCUT2D eigenvalue weighted by molar-refractivity contribution is -0.242. The molecule has 33 heavy (non-hydrogen) atoms. The lowest BCUT2D eigenvalue weighted by Crippen LogP contribution is -2.56. The van der Waals surface area contributed by atoms with Gasteiger partial charge in [-0.05, 0) is 40.2 Å². The van der Waals surface area contributed by atoms with Crippen molar-refractivity contribution in [2.75, 3.05) is 6.61 Å². The van der Waals surface area contributed by atoms with Crippen molar-refractivity contribution in [3.63, 3.8) is 0 Å². The molecule has 0 radical (unpaired) electrons. The van der Waals surface area contributed by atoms with Crippen LogP contribution in [-0.4, -0.2) is 67.0 Å². The molecule has 6 atom stereocenters. The first-order valence-electron chi connectivity index (χ1n) is 11.0. The average molecular weight is 465 g/mol. The zero-order valence-corrected chi connectivity index (χ0v) is 19.4. The van der Waals surface area contributed by atoms with Crippen molar-refractivity contribution in [1.82, 2.24) is 5.32 Å². The first-order chi connectivity index (χ1) is 15.5. The van der Waals surface area contributed by atoms with Gasteiger partial charge in [-0.25, -0.2) is 9.59 Å². The molecule has 3 aliphatic heterocycles. The van der Waals surface area contributed by atoms with Crippen LogP contribution in [0.15, 0.2) is 30.3 Å². The number of carbonyl (C=O) groups is 2. The normalized spacial score (nSPS) is 32.3. The maximum atomic E-state index is 12.5. The van der Waals surface area contributed by atoms with Crippen LogP contribution in [0.1, 0.15) is 40.2 Å². The van der Waals surface area contributed by atoms with Crippen LogP contribution in [0, 0.1) is 0 Å². The Morgan fingerprint density at radius 1 is 0.939 bits per heavy atom. The molecule has 1 unspecified atom stereocenters. The van der Waals surface area contributed by atoms with E-state index in [1.807, 2.05) is 30.3 Å². The van der Waals surface area contributed by atoms with Crippen LogP contribution < -0.4 is 5.32 Å². The summed E-state index contributed by atoms with van der Waals surface area (Å²) < 4.78 is 40.4. The summed E-state index contributed by atoms with van der Waals surface area (Å²) in [5, 5.41) is 2.47. The molecule has 3 fully saturated rings. The Kier molecular flexibility index (Phi) is 6.66. The second-order valence-electron chi connectivity index (χ2n) is 9.27. The van der Waals surface area contributed by atoms with Gasteiger partial charge in [-0.1, -0.05) is 30.3 Å². The van der Waals surface area contributed by atoms with Crippen molar-refractivity contribution in [3.8, 4) is 0 Å². The van der Waals surface area contributed by atoms with Crippen molar-refractivity contribution in [3.05, 3.63) is 35.9 Å². The largest absolute Gasteiger partial charge is 0.461 e. The van der Waals surface area contributed by atoms with Crippen LogP contribution in [0.5, 0.6) is 0 Å². The van der Waals surface area contributed by atoms with Crippen LogP contribution in [0.3, 0.4) is 0 Å². The summed E-state index contributed by atoms with van der Waals surface area (Å²) in [5.74, 6) is -2.31. The van der Waals surface area contributed by atoms with Crippen LogP contribution in [0.4, 0.5) is 4.79 Å². The molecule has 0 bridgehead atoms. The van der Waals surface area contributed by atoms with Crippen LogP contribution >= 0.6 is 0 Å². The Hall–Kier alpha value is -2.24. The fourth-order valence-electron chi connectivity index (χ4n) is 4.12. The standard InChI is InChI=1S/C23H31NO9/c1-13(24-21(26)28-11-14-9-7-6-8-10-14)19(25)27-12-15-16-17(31-22(2,3)30-16)18-20(29-15)33-23(4,5)32-18/h6-10,13,15-18,20H,11-12H2,1-5H3,(H,24,26)/t13?,15-,16+,17+,18-,20-/m1/s1. The van der Waals surface area contributed by atoms with E-state index >= 15 is 0 Å². The number of hydrogen-bond donors (Lipinski definition) is 1. The van der Waals surface area contributed by atoms with Crippen LogP contribution in [-0.2, 0) is 44.6 Å².